The standard InChI is InChI=1S/C24H21F2O8PS2.C2H7O2P/c1-31-16-8-18-13(6-12(10-27)36-18)21(25)23(16)33-4-3-5-34-24-17(32-2)9-19-14(22(24)26)7-20(37-19)15(28)11-35(29)30;1-2-5(3)4/h6-10,29-30H,3-5,11H2,1-2H3;3-4H,2H2,1H3. The number of thiophene rings is 2. The maximum absolute atomic E-state index is 15.2. The second-order valence-corrected chi connectivity index (χ2v) is 13.0. The van der Waals surface area contributed by atoms with E-state index in [1.54, 1.807) is 13.0 Å². The molecule has 0 saturated heterocycles. The Balaban J connectivity index is 0.000000892. The zero-order chi connectivity index (χ0) is 31.0. The molecule has 42 heavy (non-hydrogen) atoms. The highest BCUT2D eigenvalue weighted by Gasteiger charge is 2.22. The van der Waals surface area contributed by atoms with E-state index in [-0.39, 0.29) is 58.3 Å². The van der Waals surface area contributed by atoms with Crippen LogP contribution in [0.25, 0.3) is 20.2 Å². The zero-order valence-electron chi connectivity index (χ0n) is 22.6. The Labute approximate surface area is 249 Å². The quantitative estimate of drug-likeness (QED) is 0.0593. The van der Waals surface area contributed by atoms with Crippen LogP contribution in [0.4, 0.5) is 8.78 Å². The highest BCUT2D eigenvalue weighted by Crippen LogP contribution is 2.42. The summed E-state index contributed by atoms with van der Waals surface area (Å²) in [5.41, 5.74) is 0. The molecule has 0 aliphatic heterocycles. The van der Waals surface area contributed by atoms with E-state index >= 15 is 8.78 Å². The number of fused-ring (bicyclic) bond motifs is 2. The van der Waals surface area contributed by atoms with Gasteiger partial charge >= 0.3 is 0 Å². The van der Waals surface area contributed by atoms with E-state index in [1.165, 1.54) is 32.4 Å². The average molecular weight is 665 g/mol. The normalized spacial score (nSPS) is 11.1. The van der Waals surface area contributed by atoms with Gasteiger partial charge in [-0.2, -0.15) is 0 Å². The van der Waals surface area contributed by atoms with Crippen molar-refractivity contribution in [1.82, 2.24) is 0 Å². The molecular formula is C26H28F2O10P2S2. The monoisotopic (exact) mass is 664 g/mol. The molecular weight excluding hydrogens is 636 g/mol. The molecule has 0 atom stereocenters. The third-order valence-electron chi connectivity index (χ3n) is 5.56. The van der Waals surface area contributed by atoms with Gasteiger partial charge in [0.05, 0.1) is 43.3 Å². The van der Waals surface area contributed by atoms with Crippen LogP contribution in [0, 0.1) is 11.6 Å². The lowest BCUT2D eigenvalue weighted by Crippen LogP contribution is -2.08. The molecule has 0 radical (unpaired) electrons. The summed E-state index contributed by atoms with van der Waals surface area (Å²) in [6.07, 6.45) is 0.950. The first-order valence-electron chi connectivity index (χ1n) is 12.2. The zero-order valence-corrected chi connectivity index (χ0v) is 26.0. The lowest BCUT2D eigenvalue weighted by molar-refractivity contribution is 0.102. The number of carbonyl (C=O) groups excluding carboxylic acids is 2. The van der Waals surface area contributed by atoms with Crippen molar-refractivity contribution in [3.05, 3.63) is 45.7 Å². The van der Waals surface area contributed by atoms with Crippen LogP contribution in [0.3, 0.4) is 0 Å². The van der Waals surface area contributed by atoms with Crippen LogP contribution < -0.4 is 18.9 Å². The summed E-state index contributed by atoms with van der Waals surface area (Å²) >= 11 is 2.15. The predicted molar refractivity (Wildman–Crippen MR) is 160 cm³/mol. The number of hydrogen-bond donors (Lipinski definition) is 4. The molecule has 0 bridgehead atoms. The summed E-state index contributed by atoms with van der Waals surface area (Å²) in [5, 5.41) is 0.397. The van der Waals surface area contributed by atoms with E-state index in [0.29, 0.717) is 26.7 Å². The molecule has 0 unspecified atom stereocenters. The Morgan fingerprint density at radius 2 is 1.36 bits per heavy atom. The molecule has 16 heteroatoms. The van der Waals surface area contributed by atoms with E-state index in [9.17, 15) is 9.59 Å². The fraction of sp³-hybridized carbons (Fsp3) is 0.308. The van der Waals surface area contributed by atoms with Crippen LogP contribution in [-0.4, -0.2) is 71.4 Å². The van der Waals surface area contributed by atoms with Gasteiger partial charge in [0.15, 0.2) is 63.5 Å². The molecule has 0 fully saturated rings. The number of hydrogen-bond acceptors (Lipinski definition) is 12. The van der Waals surface area contributed by atoms with Crippen LogP contribution in [0.15, 0.2) is 24.3 Å². The Bertz CT molecular complexity index is 1540. The molecule has 4 rings (SSSR count). The van der Waals surface area contributed by atoms with Crippen LogP contribution in [-0.2, 0) is 0 Å². The minimum absolute atomic E-state index is 0.00789. The number of ether oxygens (including phenoxy) is 4. The van der Waals surface area contributed by atoms with Crippen LogP contribution >= 0.6 is 39.4 Å². The summed E-state index contributed by atoms with van der Waals surface area (Å²) in [4.78, 5) is 57.9. The molecule has 2 heterocycles. The highest BCUT2D eigenvalue weighted by molar-refractivity contribution is 7.46. The largest absolute Gasteiger partial charge is 0.493 e. The van der Waals surface area contributed by atoms with Crippen molar-refractivity contribution >= 4 is 71.7 Å². The first kappa shape index (κ1) is 34.0. The van der Waals surface area contributed by atoms with Gasteiger partial charge < -0.3 is 38.5 Å². The average Bonchev–Trinajstić information content (AvgIpc) is 3.59. The maximum Gasteiger partial charge on any atom is 0.197 e. The van der Waals surface area contributed by atoms with Crippen molar-refractivity contribution in [1.29, 1.82) is 0 Å². The Morgan fingerprint density at radius 3 is 1.81 bits per heavy atom. The molecule has 0 aliphatic carbocycles. The van der Waals surface area contributed by atoms with Crippen molar-refractivity contribution < 1.29 is 56.9 Å². The number of ketones is 1. The van der Waals surface area contributed by atoms with Crippen molar-refractivity contribution in [2.45, 2.75) is 13.3 Å². The molecule has 2 aromatic carbocycles. The molecule has 4 aromatic rings. The van der Waals surface area contributed by atoms with E-state index in [2.05, 4.69) is 0 Å². The lowest BCUT2D eigenvalue weighted by atomic mass is 10.2. The number of methoxy groups -OCH3 is 2. The van der Waals surface area contributed by atoms with E-state index in [0.717, 1.165) is 22.7 Å². The van der Waals surface area contributed by atoms with Gasteiger partial charge in [0, 0.05) is 44.9 Å². The number of Topliss-reactive ketones (excluding diaryl/α,β-unsaturated/α-hetero) is 1. The number of rotatable bonds is 13. The molecule has 228 valence electrons. The number of aldehydes is 1. The minimum atomic E-state index is -2.40. The molecule has 2 aromatic heterocycles. The number of carbonyl (C=O) groups is 2. The lowest BCUT2D eigenvalue weighted by Gasteiger charge is -2.14. The number of halogens is 2. The van der Waals surface area contributed by atoms with E-state index < -0.39 is 40.3 Å². The number of benzene rings is 2. The van der Waals surface area contributed by atoms with Crippen molar-refractivity contribution in [2.75, 3.05) is 39.8 Å². The molecule has 0 aliphatic rings. The smallest absolute Gasteiger partial charge is 0.197 e. The molecule has 4 N–H and O–H groups in total. The third kappa shape index (κ3) is 8.30. The fourth-order valence-electron chi connectivity index (χ4n) is 3.60. The van der Waals surface area contributed by atoms with Gasteiger partial charge in [0.2, 0.25) is 0 Å². The van der Waals surface area contributed by atoms with Crippen molar-refractivity contribution in [3.8, 4) is 23.0 Å². The third-order valence-corrected chi connectivity index (χ3v) is 8.83. The van der Waals surface area contributed by atoms with Crippen molar-refractivity contribution in [3.63, 3.8) is 0 Å². The van der Waals surface area contributed by atoms with Crippen molar-refractivity contribution in [2.24, 2.45) is 0 Å². The summed E-state index contributed by atoms with van der Waals surface area (Å²) in [7, 11) is -1.26. The van der Waals surface area contributed by atoms with Gasteiger partial charge in [-0.05, 0) is 12.1 Å². The fourth-order valence-corrected chi connectivity index (χ4v) is 6.06. The van der Waals surface area contributed by atoms with Crippen LogP contribution in [0.2, 0.25) is 0 Å². The van der Waals surface area contributed by atoms with Gasteiger partial charge in [-0.25, -0.2) is 8.78 Å². The van der Waals surface area contributed by atoms with Gasteiger partial charge in [0.25, 0.3) is 0 Å². The predicted octanol–water partition coefficient (Wildman–Crippen LogP) is 5.85. The van der Waals surface area contributed by atoms with Gasteiger partial charge in [-0.3, -0.25) is 9.59 Å². The van der Waals surface area contributed by atoms with Gasteiger partial charge in [-0.1, -0.05) is 6.92 Å². The maximum atomic E-state index is 15.2. The summed E-state index contributed by atoms with van der Waals surface area (Å²) < 4.78 is 52.9. The van der Waals surface area contributed by atoms with E-state index in [1.807, 2.05) is 0 Å². The van der Waals surface area contributed by atoms with Gasteiger partial charge in [0.1, 0.15) is 0 Å². The van der Waals surface area contributed by atoms with Crippen LogP contribution in [0.5, 0.6) is 23.0 Å². The first-order chi connectivity index (χ1) is 20.0. The first-order valence-corrected chi connectivity index (χ1v) is 16.7. The summed E-state index contributed by atoms with van der Waals surface area (Å²) in [6.45, 7) is 1.76. The Kier molecular flexibility index (Phi) is 12.8. The Morgan fingerprint density at radius 1 is 0.857 bits per heavy atom. The SMILES string of the molecule is CCP(O)O.COc1cc2sc(C=O)cc2c(F)c1OCCCOc1c(OC)cc2sc(C(=O)CP(O)O)cc2c1F. The van der Waals surface area contributed by atoms with Gasteiger partial charge in [-0.15, -0.1) is 22.7 Å². The minimum Gasteiger partial charge on any atom is -0.493 e. The summed E-state index contributed by atoms with van der Waals surface area (Å²) in [6, 6.07) is 5.92. The second kappa shape index (κ2) is 15.8. The second-order valence-electron chi connectivity index (χ2n) is 8.34. The summed E-state index contributed by atoms with van der Waals surface area (Å²) in [5.74, 6) is -1.80. The van der Waals surface area contributed by atoms with E-state index in [4.69, 9.17) is 38.5 Å². The molecule has 0 saturated carbocycles. The van der Waals surface area contributed by atoms with Crippen LogP contribution in [0.1, 0.15) is 32.7 Å². The highest BCUT2D eigenvalue weighted by atomic mass is 32.1. The topological polar surface area (TPSA) is 152 Å². The molecule has 0 amide bonds. The molecule has 10 nitrogen and oxygen atoms in total. The molecule has 0 spiro atoms. The Hall–Kier alpha value is -2.54.